The third-order valence-corrected chi connectivity index (χ3v) is 7.65. The Morgan fingerprint density at radius 3 is 2.49 bits per heavy atom. The lowest BCUT2D eigenvalue weighted by molar-refractivity contribution is -0.144. The molecule has 9 heteroatoms. The zero-order valence-electron chi connectivity index (χ0n) is 20.1. The van der Waals surface area contributed by atoms with Gasteiger partial charge >= 0.3 is 6.18 Å². The number of aliphatic hydroxyl groups excluding tert-OH is 1. The van der Waals surface area contributed by atoms with Crippen LogP contribution >= 0.6 is 0 Å². The number of alkyl halides is 3. The van der Waals surface area contributed by atoms with Crippen molar-refractivity contribution in [3.8, 4) is 11.1 Å². The van der Waals surface area contributed by atoms with Crippen LogP contribution in [0.2, 0.25) is 0 Å². The summed E-state index contributed by atoms with van der Waals surface area (Å²) in [6.45, 7) is 3.86. The molecule has 1 aliphatic carbocycles. The first-order chi connectivity index (χ1) is 16.4. The predicted molar refractivity (Wildman–Crippen MR) is 129 cm³/mol. The van der Waals surface area contributed by atoms with Crippen LogP contribution in [0.1, 0.15) is 55.5 Å². The topological polar surface area (TPSA) is 91.5 Å². The van der Waals surface area contributed by atoms with Crippen molar-refractivity contribution in [2.45, 2.75) is 63.3 Å². The minimum absolute atomic E-state index is 0.000652. The van der Waals surface area contributed by atoms with Crippen molar-refractivity contribution >= 4 is 11.7 Å². The number of aliphatic hydroxyl groups is 1. The summed E-state index contributed by atoms with van der Waals surface area (Å²) in [4.78, 5) is 18.5. The minimum Gasteiger partial charge on any atom is -0.393 e. The number of carbonyl (C=O) groups excluding carboxylic acids is 1. The van der Waals surface area contributed by atoms with Crippen LogP contribution in [0.4, 0.5) is 19.0 Å². The molecule has 6 nitrogen and oxygen atoms in total. The van der Waals surface area contributed by atoms with E-state index in [2.05, 4.69) is 10.3 Å². The fourth-order valence-electron chi connectivity index (χ4n) is 5.37. The Morgan fingerprint density at radius 1 is 1.20 bits per heavy atom. The second-order valence-electron chi connectivity index (χ2n) is 10.3. The van der Waals surface area contributed by atoms with Gasteiger partial charge in [0.1, 0.15) is 5.82 Å². The number of nitrogens with zero attached hydrogens (tertiary/aromatic N) is 2. The van der Waals surface area contributed by atoms with E-state index in [1.54, 1.807) is 12.3 Å². The highest BCUT2D eigenvalue weighted by atomic mass is 19.4. The van der Waals surface area contributed by atoms with Gasteiger partial charge in [0.2, 0.25) is 0 Å². The molecule has 2 fully saturated rings. The highest BCUT2D eigenvalue weighted by molar-refractivity contribution is 5.99. The summed E-state index contributed by atoms with van der Waals surface area (Å²) < 4.78 is 38.7. The van der Waals surface area contributed by atoms with Crippen molar-refractivity contribution in [2.75, 3.05) is 25.4 Å². The fourth-order valence-corrected chi connectivity index (χ4v) is 5.37. The molecule has 1 aromatic heterocycles. The van der Waals surface area contributed by atoms with E-state index in [9.17, 15) is 23.1 Å². The van der Waals surface area contributed by atoms with Crippen molar-refractivity contribution in [1.29, 1.82) is 0 Å². The lowest BCUT2D eigenvalue weighted by Crippen LogP contribution is -2.38. The first-order valence-corrected chi connectivity index (χ1v) is 12.1. The van der Waals surface area contributed by atoms with Crippen LogP contribution in [0.25, 0.3) is 11.1 Å². The summed E-state index contributed by atoms with van der Waals surface area (Å²) in [6.07, 6.45) is -0.128. The SMILES string of the molecule is C[C@@H]1CN(CC(F)(F)F)C[C@@]1(C)c1ccc(-c2cnc(N)c(C(=O)NC3CCC(O)CC3)c2)cc1. The van der Waals surface area contributed by atoms with Gasteiger partial charge in [0.25, 0.3) is 5.91 Å². The van der Waals surface area contributed by atoms with Gasteiger partial charge in [-0.3, -0.25) is 9.69 Å². The zero-order chi connectivity index (χ0) is 25.4. The molecule has 35 heavy (non-hydrogen) atoms. The molecule has 4 N–H and O–H groups in total. The highest BCUT2D eigenvalue weighted by Crippen LogP contribution is 2.40. The lowest BCUT2D eigenvalue weighted by atomic mass is 9.75. The number of rotatable bonds is 5. The molecule has 1 aliphatic heterocycles. The summed E-state index contributed by atoms with van der Waals surface area (Å²) in [5.41, 5.74) is 8.48. The summed E-state index contributed by atoms with van der Waals surface area (Å²) in [5.74, 6) is -0.0623. The normalized spacial score (nSPS) is 27.7. The van der Waals surface area contributed by atoms with Gasteiger partial charge in [-0.2, -0.15) is 13.2 Å². The van der Waals surface area contributed by atoms with Gasteiger partial charge in [0, 0.05) is 36.3 Å². The number of halogens is 3. The van der Waals surface area contributed by atoms with E-state index >= 15 is 0 Å². The number of amides is 1. The van der Waals surface area contributed by atoms with E-state index < -0.39 is 12.7 Å². The van der Waals surface area contributed by atoms with Crippen LogP contribution < -0.4 is 11.1 Å². The van der Waals surface area contributed by atoms with E-state index in [0.717, 1.165) is 29.5 Å². The molecule has 2 atom stereocenters. The number of nitrogen functional groups attached to an aromatic ring is 1. The molecule has 0 radical (unpaired) electrons. The third-order valence-electron chi connectivity index (χ3n) is 7.65. The lowest BCUT2D eigenvalue weighted by Gasteiger charge is -2.29. The third kappa shape index (κ3) is 5.78. The maximum Gasteiger partial charge on any atom is 0.401 e. The van der Waals surface area contributed by atoms with E-state index in [0.29, 0.717) is 31.5 Å². The molecule has 0 spiro atoms. The van der Waals surface area contributed by atoms with E-state index in [1.165, 1.54) is 4.90 Å². The second kappa shape index (κ2) is 9.78. The molecule has 2 heterocycles. The molecule has 1 aromatic carbocycles. The Kier molecular flexibility index (Phi) is 7.11. The monoisotopic (exact) mass is 490 g/mol. The standard InChI is InChI=1S/C26H33F3N4O2/c1-16-13-33(15-26(27,28)29)14-25(16,2)19-5-3-17(4-6-19)18-11-22(23(30)31-12-18)24(35)32-20-7-9-21(34)10-8-20/h3-6,11-12,16,20-21,34H,7-10,13-15H2,1-2H3,(H2,30,31)(H,32,35)/t16-,20?,21?,25-/m1/s1. The van der Waals surface area contributed by atoms with Crippen LogP contribution in [0.3, 0.4) is 0 Å². The molecule has 1 saturated heterocycles. The van der Waals surface area contributed by atoms with Crippen LogP contribution in [-0.2, 0) is 5.41 Å². The Balaban J connectivity index is 1.49. The summed E-state index contributed by atoms with van der Waals surface area (Å²) in [7, 11) is 0. The molecule has 4 rings (SSSR count). The first kappa shape index (κ1) is 25.4. The van der Waals surface area contributed by atoms with Gasteiger partial charge in [-0.15, -0.1) is 0 Å². The number of carbonyl (C=O) groups is 1. The second-order valence-corrected chi connectivity index (χ2v) is 10.3. The van der Waals surface area contributed by atoms with E-state index in [1.807, 2.05) is 38.1 Å². The molecular formula is C26H33F3N4O2. The average molecular weight is 491 g/mol. The Morgan fingerprint density at radius 2 is 1.86 bits per heavy atom. The number of hydrogen-bond donors (Lipinski definition) is 3. The Bertz CT molecular complexity index is 1050. The molecule has 190 valence electrons. The summed E-state index contributed by atoms with van der Waals surface area (Å²) in [6, 6.07) is 9.45. The quantitative estimate of drug-likeness (QED) is 0.586. The number of likely N-dealkylation sites (tertiary alicyclic amines) is 1. The van der Waals surface area contributed by atoms with Crippen molar-refractivity contribution in [1.82, 2.24) is 15.2 Å². The van der Waals surface area contributed by atoms with Gasteiger partial charge in [-0.25, -0.2) is 4.98 Å². The maximum absolute atomic E-state index is 12.9. The van der Waals surface area contributed by atoms with Crippen LogP contribution in [0.5, 0.6) is 0 Å². The Hall–Kier alpha value is -2.65. The van der Waals surface area contributed by atoms with Crippen LogP contribution in [0.15, 0.2) is 36.5 Å². The van der Waals surface area contributed by atoms with E-state index in [-0.39, 0.29) is 35.2 Å². The summed E-state index contributed by atoms with van der Waals surface area (Å²) in [5, 5.41) is 12.7. The van der Waals surface area contributed by atoms with Gasteiger partial charge in [0.05, 0.1) is 18.2 Å². The molecule has 0 unspecified atom stereocenters. The fraction of sp³-hybridized carbons (Fsp3) is 0.538. The van der Waals surface area contributed by atoms with Crippen molar-refractivity contribution < 1.29 is 23.1 Å². The average Bonchev–Trinajstić information content (AvgIpc) is 3.08. The van der Waals surface area contributed by atoms with Crippen LogP contribution in [0, 0.1) is 5.92 Å². The number of hydrogen-bond acceptors (Lipinski definition) is 5. The van der Waals surface area contributed by atoms with Crippen molar-refractivity contribution in [2.24, 2.45) is 5.92 Å². The number of benzene rings is 1. The molecule has 2 aromatic rings. The number of anilines is 1. The van der Waals surface area contributed by atoms with Gasteiger partial charge in [0.15, 0.2) is 0 Å². The molecule has 2 aliphatic rings. The maximum atomic E-state index is 12.9. The smallest absolute Gasteiger partial charge is 0.393 e. The molecule has 0 bridgehead atoms. The zero-order valence-corrected chi connectivity index (χ0v) is 20.1. The van der Waals surface area contributed by atoms with Crippen LogP contribution in [-0.4, -0.2) is 58.9 Å². The minimum atomic E-state index is -4.21. The number of pyridine rings is 1. The van der Waals surface area contributed by atoms with Crippen molar-refractivity contribution in [3.63, 3.8) is 0 Å². The van der Waals surface area contributed by atoms with Crippen molar-refractivity contribution in [3.05, 3.63) is 47.7 Å². The molecular weight excluding hydrogens is 457 g/mol. The van der Waals surface area contributed by atoms with Gasteiger partial charge in [-0.05, 0) is 48.8 Å². The summed E-state index contributed by atoms with van der Waals surface area (Å²) >= 11 is 0. The number of nitrogens with one attached hydrogen (secondary N) is 1. The number of aromatic nitrogens is 1. The Labute approximate surface area is 203 Å². The first-order valence-electron chi connectivity index (χ1n) is 12.1. The molecule has 1 saturated carbocycles. The number of nitrogens with two attached hydrogens (primary N) is 1. The highest BCUT2D eigenvalue weighted by Gasteiger charge is 2.44. The predicted octanol–water partition coefficient (Wildman–Crippen LogP) is 4.14. The largest absolute Gasteiger partial charge is 0.401 e. The molecule has 1 amide bonds. The van der Waals surface area contributed by atoms with Gasteiger partial charge in [-0.1, -0.05) is 38.1 Å². The van der Waals surface area contributed by atoms with Gasteiger partial charge < -0.3 is 16.2 Å². The van der Waals surface area contributed by atoms with E-state index in [4.69, 9.17) is 5.73 Å².